The molecule has 0 saturated carbocycles. The van der Waals surface area contributed by atoms with Crippen molar-refractivity contribution < 1.29 is 18.0 Å². The number of hydrogen-bond donors (Lipinski definition) is 2. The predicted octanol–water partition coefficient (Wildman–Crippen LogP) is 1.84. The average molecular weight is 284 g/mol. The van der Waals surface area contributed by atoms with Crippen molar-refractivity contribution in [1.29, 1.82) is 0 Å². The SMILES string of the molecule is O=C(CC1NC2C=CC=C3C=CCC(N1)C32)C(F)(F)F. The van der Waals surface area contributed by atoms with Gasteiger partial charge in [0.15, 0.2) is 0 Å². The predicted molar refractivity (Wildman–Crippen MR) is 67.8 cm³/mol. The van der Waals surface area contributed by atoms with E-state index >= 15 is 0 Å². The monoisotopic (exact) mass is 284 g/mol. The Morgan fingerprint density at radius 2 is 2.15 bits per heavy atom. The Morgan fingerprint density at radius 1 is 1.35 bits per heavy atom. The molecule has 0 spiro atoms. The van der Waals surface area contributed by atoms with Gasteiger partial charge in [-0.05, 0) is 12.0 Å². The Morgan fingerprint density at radius 3 is 2.90 bits per heavy atom. The summed E-state index contributed by atoms with van der Waals surface area (Å²) in [4.78, 5) is 11.1. The number of hydrogen-bond acceptors (Lipinski definition) is 3. The van der Waals surface area contributed by atoms with E-state index in [9.17, 15) is 18.0 Å². The Bertz CT molecular complexity index is 507. The number of halogens is 3. The minimum absolute atomic E-state index is 0.0165. The van der Waals surface area contributed by atoms with E-state index in [1.54, 1.807) is 0 Å². The van der Waals surface area contributed by atoms with Crippen LogP contribution in [-0.4, -0.2) is 30.2 Å². The third kappa shape index (κ3) is 2.45. The number of nitrogens with one attached hydrogen (secondary N) is 2. The van der Waals surface area contributed by atoms with Crippen molar-refractivity contribution in [3.8, 4) is 0 Å². The van der Waals surface area contributed by atoms with Gasteiger partial charge in [0.1, 0.15) is 0 Å². The van der Waals surface area contributed by atoms with E-state index in [1.165, 1.54) is 5.57 Å². The normalized spacial score (nSPS) is 35.5. The molecule has 4 unspecified atom stereocenters. The van der Waals surface area contributed by atoms with Crippen LogP contribution >= 0.6 is 0 Å². The van der Waals surface area contributed by atoms with Crippen LogP contribution in [0.4, 0.5) is 13.2 Å². The number of ketones is 1. The summed E-state index contributed by atoms with van der Waals surface area (Å²) in [6.45, 7) is 0. The van der Waals surface area contributed by atoms with Gasteiger partial charge in [-0.1, -0.05) is 30.4 Å². The van der Waals surface area contributed by atoms with E-state index in [2.05, 4.69) is 16.7 Å². The summed E-state index contributed by atoms with van der Waals surface area (Å²) in [7, 11) is 0. The van der Waals surface area contributed by atoms with E-state index in [1.807, 2.05) is 24.3 Å². The van der Waals surface area contributed by atoms with Gasteiger partial charge in [0.05, 0.1) is 6.17 Å². The van der Waals surface area contributed by atoms with Gasteiger partial charge >= 0.3 is 6.18 Å². The molecule has 6 heteroatoms. The first-order valence-corrected chi connectivity index (χ1v) is 6.62. The zero-order chi connectivity index (χ0) is 14.3. The molecule has 0 radical (unpaired) electrons. The van der Waals surface area contributed by atoms with Crippen LogP contribution in [0.3, 0.4) is 0 Å². The maximum absolute atomic E-state index is 12.4. The average Bonchev–Trinajstić information content (AvgIpc) is 2.38. The molecule has 0 aromatic heterocycles. The highest BCUT2D eigenvalue weighted by atomic mass is 19.4. The first kappa shape index (κ1) is 13.6. The van der Waals surface area contributed by atoms with E-state index in [-0.39, 0.29) is 18.0 Å². The number of carbonyl (C=O) groups is 1. The fraction of sp³-hybridized carbons (Fsp3) is 0.500. The van der Waals surface area contributed by atoms with E-state index in [0.717, 1.165) is 6.42 Å². The lowest BCUT2D eigenvalue weighted by Crippen LogP contribution is -2.64. The molecule has 0 aromatic carbocycles. The van der Waals surface area contributed by atoms with Crippen molar-refractivity contribution in [2.75, 3.05) is 0 Å². The molecular formula is C14H15F3N2O. The third-order valence-corrected chi connectivity index (χ3v) is 4.03. The highest BCUT2D eigenvalue weighted by Gasteiger charge is 2.43. The molecule has 20 heavy (non-hydrogen) atoms. The fourth-order valence-electron chi connectivity index (χ4n) is 3.16. The molecule has 3 nitrogen and oxygen atoms in total. The van der Waals surface area contributed by atoms with Gasteiger partial charge in [0.25, 0.3) is 0 Å². The number of rotatable bonds is 2. The van der Waals surface area contributed by atoms with Crippen LogP contribution in [0.15, 0.2) is 36.0 Å². The van der Waals surface area contributed by atoms with Gasteiger partial charge in [0, 0.05) is 24.4 Å². The Balaban J connectivity index is 1.74. The topological polar surface area (TPSA) is 41.1 Å². The van der Waals surface area contributed by atoms with E-state index in [4.69, 9.17) is 0 Å². The van der Waals surface area contributed by atoms with Crippen LogP contribution in [0.5, 0.6) is 0 Å². The lowest BCUT2D eigenvalue weighted by molar-refractivity contribution is -0.172. The first-order chi connectivity index (χ1) is 9.45. The van der Waals surface area contributed by atoms with Gasteiger partial charge in [-0.3, -0.25) is 15.4 Å². The van der Waals surface area contributed by atoms with Gasteiger partial charge in [0.2, 0.25) is 5.78 Å². The molecule has 0 aromatic rings. The molecule has 1 fully saturated rings. The summed E-state index contributed by atoms with van der Waals surface area (Å²) >= 11 is 0. The van der Waals surface area contributed by atoms with E-state index in [0.29, 0.717) is 0 Å². The summed E-state index contributed by atoms with van der Waals surface area (Å²) in [6.07, 6.45) is 4.76. The molecule has 3 aliphatic rings. The highest BCUT2D eigenvalue weighted by molar-refractivity contribution is 5.84. The number of Topliss-reactive ketones (excluding diaryl/α,β-unsaturated/α-hetero) is 1. The van der Waals surface area contributed by atoms with Crippen molar-refractivity contribution >= 4 is 5.78 Å². The second-order valence-electron chi connectivity index (χ2n) is 5.36. The highest BCUT2D eigenvalue weighted by Crippen LogP contribution is 2.34. The fourth-order valence-corrected chi connectivity index (χ4v) is 3.16. The van der Waals surface area contributed by atoms with Crippen molar-refractivity contribution in [2.45, 2.75) is 37.3 Å². The second kappa shape index (κ2) is 4.86. The van der Waals surface area contributed by atoms with Gasteiger partial charge in [-0.2, -0.15) is 13.2 Å². The zero-order valence-electron chi connectivity index (χ0n) is 10.7. The van der Waals surface area contributed by atoms with Crippen LogP contribution in [0.2, 0.25) is 0 Å². The van der Waals surface area contributed by atoms with Crippen molar-refractivity contribution in [2.24, 2.45) is 5.92 Å². The number of alkyl halides is 3. The van der Waals surface area contributed by atoms with E-state index < -0.39 is 24.5 Å². The Hall–Kier alpha value is -1.40. The maximum atomic E-state index is 12.4. The van der Waals surface area contributed by atoms with Crippen LogP contribution in [-0.2, 0) is 4.79 Å². The smallest absolute Gasteiger partial charge is 0.298 e. The molecule has 4 atom stereocenters. The van der Waals surface area contributed by atoms with Crippen molar-refractivity contribution in [1.82, 2.24) is 10.6 Å². The Labute approximate surface area is 114 Å². The van der Waals surface area contributed by atoms with Gasteiger partial charge in [-0.25, -0.2) is 0 Å². The lowest BCUT2D eigenvalue weighted by atomic mass is 9.75. The number of allylic oxidation sites excluding steroid dienone is 3. The molecule has 3 rings (SSSR count). The second-order valence-corrected chi connectivity index (χ2v) is 5.36. The maximum Gasteiger partial charge on any atom is 0.450 e. The molecule has 2 N–H and O–H groups in total. The zero-order valence-corrected chi connectivity index (χ0v) is 10.7. The Kier molecular flexibility index (Phi) is 3.30. The largest absolute Gasteiger partial charge is 0.450 e. The standard InChI is InChI=1S/C14H15F3N2O/c15-14(16,17)11(20)7-12-18-9-5-1-3-8-4-2-6-10(19-12)13(8)9/h1-5,9-10,12-13,18-19H,6-7H2. The van der Waals surface area contributed by atoms with Crippen LogP contribution in [0, 0.1) is 5.92 Å². The number of carbonyl (C=O) groups excluding carboxylic acids is 1. The summed E-state index contributed by atoms with van der Waals surface area (Å²) in [5, 5.41) is 6.22. The van der Waals surface area contributed by atoms with Crippen molar-refractivity contribution in [3.05, 3.63) is 36.0 Å². The molecule has 2 aliphatic carbocycles. The van der Waals surface area contributed by atoms with Crippen LogP contribution in [0.1, 0.15) is 12.8 Å². The van der Waals surface area contributed by atoms with Gasteiger partial charge < -0.3 is 0 Å². The summed E-state index contributed by atoms with van der Waals surface area (Å²) in [5.74, 6) is -1.47. The quantitative estimate of drug-likeness (QED) is 0.813. The summed E-state index contributed by atoms with van der Waals surface area (Å²) in [6, 6.07) is 0.0608. The lowest BCUT2D eigenvalue weighted by Gasteiger charge is -2.46. The van der Waals surface area contributed by atoms with Gasteiger partial charge in [-0.15, -0.1) is 0 Å². The molecule has 108 valence electrons. The van der Waals surface area contributed by atoms with Crippen LogP contribution in [0.25, 0.3) is 0 Å². The summed E-state index contributed by atoms with van der Waals surface area (Å²) < 4.78 is 37.1. The molecule has 0 bridgehead atoms. The molecular weight excluding hydrogens is 269 g/mol. The molecule has 1 saturated heterocycles. The minimum Gasteiger partial charge on any atom is -0.298 e. The summed E-state index contributed by atoms with van der Waals surface area (Å²) in [5.41, 5.74) is 1.18. The third-order valence-electron chi connectivity index (χ3n) is 4.03. The molecule has 1 aliphatic heterocycles. The minimum atomic E-state index is -4.76. The van der Waals surface area contributed by atoms with Crippen LogP contribution < -0.4 is 10.6 Å². The molecule has 1 heterocycles. The molecule has 0 amide bonds. The first-order valence-electron chi connectivity index (χ1n) is 6.62. The van der Waals surface area contributed by atoms with Crippen molar-refractivity contribution in [3.63, 3.8) is 0 Å².